The van der Waals surface area contributed by atoms with Crippen LogP contribution in [0.2, 0.25) is 0 Å². The summed E-state index contributed by atoms with van der Waals surface area (Å²) in [5.41, 5.74) is 0.525. The van der Waals surface area contributed by atoms with Gasteiger partial charge in [-0.15, -0.1) is 0 Å². The molecule has 1 heterocycles. The van der Waals surface area contributed by atoms with Gasteiger partial charge in [0.05, 0.1) is 11.6 Å². The number of carbonyl (C=O) groups is 3. The van der Waals surface area contributed by atoms with E-state index in [9.17, 15) is 24.6 Å². The van der Waals surface area contributed by atoms with Crippen LogP contribution in [0.5, 0.6) is 0 Å². The zero-order valence-electron chi connectivity index (χ0n) is 22.4. The van der Waals surface area contributed by atoms with Crippen molar-refractivity contribution in [3.05, 3.63) is 82.9 Å². The Morgan fingerprint density at radius 2 is 1.67 bits per heavy atom. The molecule has 5 rings (SSSR count). The highest BCUT2D eigenvalue weighted by atomic mass is 16.6. The Labute approximate surface area is 228 Å². The van der Waals surface area contributed by atoms with E-state index < -0.39 is 41.7 Å². The van der Waals surface area contributed by atoms with E-state index in [0.29, 0.717) is 35.1 Å². The molecule has 8 heteroatoms. The quantitative estimate of drug-likeness (QED) is 0.486. The molecule has 2 aromatic carbocycles. The van der Waals surface area contributed by atoms with Crippen molar-refractivity contribution in [2.24, 2.45) is 17.3 Å². The number of aliphatic hydroxyl groups excluding tert-OH is 1. The van der Waals surface area contributed by atoms with E-state index in [1.165, 1.54) is 0 Å². The van der Waals surface area contributed by atoms with Gasteiger partial charge in [0.2, 0.25) is 0 Å². The van der Waals surface area contributed by atoms with Gasteiger partial charge in [0.15, 0.2) is 6.10 Å². The van der Waals surface area contributed by atoms with Crippen molar-refractivity contribution in [2.75, 3.05) is 6.61 Å². The molecule has 0 unspecified atom stereocenters. The van der Waals surface area contributed by atoms with Crippen LogP contribution in [0, 0.1) is 17.3 Å². The van der Waals surface area contributed by atoms with Crippen molar-refractivity contribution < 1.29 is 34.1 Å². The van der Waals surface area contributed by atoms with Crippen molar-refractivity contribution in [1.29, 1.82) is 0 Å². The van der Waals surface area contributed by atoms with Crippen molar-refractivity contribution in [1.82, 2.24) is 5.32 Å². The Bertz CT molecular complexity index is 1280. The highest BCUT2D eigenvalue weighted by Gasteiger charge is 2.56. The largest absolute Gasteiger partial charge is 0.458 e. The number of carbonyl (C=O) groups excluding carboxylic acids is 3. The molecule has 0 radical (unpaired) electrons. The first-order chi connectivity index (χ1) is 18.5. The molecule has 1 aliphatic heterocycles. The van der Waals surface area contributed by atoms with E-state index in [-0.39, 0.29) is 30.3 Å². The third-order valence-electron chi connectivity index (χ3n) is 8.42. The first kappa shape index (κ1) is 27.1. The van der Waals surface area contributed by atoms with Crippen LogP contribution < -0.4 is 5.32 Å². The number of nitrogens with one attached hydrogen (secondary N) is 1. The predicted octanol–water partition coefficient (Wildman–Crippen LogP) is 3.49. The summed E-state index contributed by atoms with van der Waals surface area (Å²) in [4.78, 5) is 39.2. The highest BCUT2D eigenvalue weighted by Crippen LogP contribution is 2.56. The van der Waals surface area contributed by atoms with Gasteiger partial charge in [0, 0.05) is 29.0 Å². The molecule has 206 valence electrons. The fourth-order valence-corrected chi connectivity index (χ4v) is 6.55. The Kier molecular flexibility index (Phi) is 7.11. The Morgan fingerprint density at radius 3 is 2.33 bits per heavy atom. The molecule has 8 nitrogen and oxygen atoms in total. The Hall–Kier alpha value is -3.49. The van der Waals surface area contributed by atoms with Crippen LogP contribution in [0.25, 0.3) is 0 Å². The molecule has 1 saturated carbocycles. The molecule has 1 fully saturated rings. The molecule has 0 saturated heterocycles. The van der Waals surface area contributed by atoms with Gasteiger partial charge < -0.3 is 25.0 Å². The normalized spacial score (nSPS) is 28.9. The lowest BCUT2D eigenvalue weighted by molar-refractivity contribution is -0.163. The SMILES string of the molecule is CC1(C)C[C@@H]2[C@@H](OC(=O)[C@H](O)[C@@H](NC(=O)c3ccccc3)c3ccccc3)C3=C(C[C@](C)(O)[C@H]2C1)C(=O)OC3. The van der Waals surface area contributed by atoms with Gasteiger partial charge in [-0.25, -0.2) is 9.59 Å². The van der Waals surface area contributed by atoms with Gasteiger partial charge in [-0.2, -0.15) is 0 Å². The number of aliphatic hydroxyl groups is 2. The molecule has 3 aliphatic rings. The van der Waals surface area contributed by atoms with E-state index in [0.717, 1.165) is 0 Å². The molecule has 0 bridgehead atoms. The minimum atomic E-state index is -1.72. The maximum Gasteiger partial charge on any atom is 0.338 e. The van der Waals surface area contributed by atoms with Gasteiger partial charge in [-0.05, 0) is 48.8 Å². The number of hydrogen-bond acceptors (Lipinski definition) is 7. The standard InChI is InChI=1S/C31H35NO7/c1-30(2)14-21-23(16-30)31(3,37)15-20-22(17-38-28(20)35)26(21)39-29(36)25(33)24(18-10-6-4-7-11-18)32-27(34)19-12-8-5-9-13-19/h4-13,21,23-26,33,37H,14-17H2,1-3H3,(H,32,34)/t21-,23-,24-,25+,26+,31-/m0/s1. The summed E-state index contributed by atoms with van der Waals surface area (Å²) in [6, 6.07) is 16.2. The number of fused-ring (bicyclic) bond motifs is 1. The maximum atomic E-state index is 13.6. The summed E-state index contributed by atoms with van der Waals surface area (Å²) in [6.45, 7) is 5.93. The second-order valence-electron chi connectivity index (χ2n) is 12.0. The molecule has 2 aromatic rings. The summed E-state index contributed by atoms with van der Waals surface area (Å²) in [5, 5.41) is 25.5. The summed E-state index contributed by atoms with van der Waals surface area (Å²) < 4.78 is 11.3. The molecule has 0 aromatic heterocycles. The number of hydrogen-bond donors (Lipinski definition) is 3. The molecular formula is C31H35NO7. The molecule has 2 aliphatic carbocycles. The monoisotopic (exact) mass is 533 g/mol. The predicted molar refractivity (Wildman–Crippen MR) is 142 cm³/mol. The van der Waals surface area contributed by atoms with E-state index >= 15 is 0 Å². The molecule has 1 amide bonds. The van der Waals surface area contributed by atoms with E-state index in [1.54, 1.807) is 67.6 Å². The van der Waals surface area contributed by atoms with Gasteiger partial charge in [-0.1, -0.05) is 62.4 Å². The summed E-state index contributed by atoms with van der Waals surface area (Å²) >= 11 is 0. The van der Waals surface area contributed by atoms with Crippen molar-refractivity contribution in [2.45, 2.75) is 63.9 Å². The summed E-state index contributed by atoms with van der Waals surface area (Å²) in [6.07, 6.45) is -1.07. The first-order valence-corrected chi connectivity index (χ1v) is 13.4. The van der Waals surface area contributed by atoms with Crippen molar-refractivity contribution >= 4 is 17.8 Å². The lowest BCUT2D eigenvalue weighted by atomic mass is 9.78. The number of cyclic esters (lactones) is 1. The average Bonchev–Trinajstić information content (AvgIpc) is 3.42. The van der Waals surface area contributed by atoms with Crippen LogP contribution in [-0.2, 0) is 19.1 Å². The van der Waals surface area contributed by atoms with Gasteiger partial charge in [0.1, 0.15) is 12.7 Å². The Balaban J connectivity index is 1.45. The summed E-state index contributed by atoms with van der Waals surface area (Å²) in [5.74, 6) is -2.35. The lowest BCUT2D eigenvalue weighted by Crippen LogP contribution is -2.45. The molecule has 3 N–H and O–H groups in total. The van der Waals surface area contributed by atoms with E-state index in [2.05, 4.69) is 19.2 Å². The molecule has 39 heavy (non-hydrogen) atoms. The second kappa shape index (κ2) is 10.2. The van der Waals surface area contributed by atoms with Gasteiger partial charge in [-0.3, -0.25) is 4.79 Å². The number of rotatable bonds is 6. The number of amides is 1. The number of ether oxygens (including phenoxy) is 2. The average molecular weight is 534 g/mol. The fraction of sp³-hybridized carbons (Fsp3) is 0.452. The maximum absolute atomic E-state index is 13.6. The van der Waals surface area contributed by atoms with Crippen LogP contribution >= 0.6 is 0 Å². The zero-order chi connectivity index (χ0) is 27.9. The van der Waals surface area contributed by atoms with Crippen molar-refractivity contribution in [3.63, 3.8) is 0 Å². The molecule has 6 atom stereocenters. The molecule has 0 spiro atoms. The second-order valence-corrected chi connectivity index (χ2v) is 12.0. The summed E-state index contributed by atoms with van der Waals surface area (Å²) in [7, 11) is 0. The van der Waals surface area contributed by atoms with Crippen LogP contribution in [0.15, 0.2) is 71.8 Å². The van der Waals surface area contributed by atoms with E-state index in [1.807, 2.05) is 0 Å². The zero-order valence-corrected chi connectivity index (χ0v) is 22.4. The number of benzene rings is 2. The number of esters is 2. The van der Waals surface area contributed by atoms with E-state index in [4.69, 9.17) is 9.47 Å². The van der Waals surface area contributed by atoms with Crippen LogP contribution in [0.4, 0.5) is 0 Å². The molecular weight excluding hydrogens is 498 g/mol. The minimum Gasteiger partial charge on any atom is -0.458 e. The third kappa shape index (κ3) is 5.36. The van der Waals surface area contributed by atoms with Crippen LogP contribution in [0.1, 0.15) is 62.0 Å². The minimum absolute atomic E-state index is 0.0191. The Morgan fingerprint density at radius 1 is 1.03 bits per heavy atom. The van der Waals surface area contributed by atoms with Crippen molar-refractivity contribution in [3.8, 4) is 0 Å². The first-order valence-electron chi connectivity index (χ1n) is 13.4. The van der Waals surface area contributed by atoms with Gasteiger partial charge in [0.25, 0.3) is 5.91 Å². The van der Waals surface area contributed by atoms with Crippen LogP contribution in [-0.4, -0.2) is 52.5 Å². The lowest BCUT2D eigenvalue weighted by Gasteiger charge is -2.35. The van der Waals surface area contributed by atoms with Crippen LogP contribution in [0.3, 0.4) is 0 Å². The topological polar surface area (TPSA) is 122 Å². The smallest absolute Gasteiger partial charge is 0.338 e. The highest BCUT2D eigenvalue weighted by molar-refractivity contribution is 5.95. The fourth-order valence-electron chi connectivity index (χ4n) is 6.55. The van der Waals surface area contributed by atoms with Gasteiger partial charge >= 0.3 is 11.9 Å². The third-order valence-corrected chi connectivity index (χ3v) is 8.42.